The van der Waals surface area contributed by atoms with Crippen molar-refractivity contribution in [1.29, 1.82) is 0 Å². The molecule has 0 radical (unpaired) electrons. The highest BCUT2D eigenvalue weighted by Crippen LogP contribution is 2.40. The molecule has 1 aromatic rings. The minimum atomic E-state index is -0.863. The summed E-state index contributed by atoms with van der Waals surface area (Å²) in [6.07, 6.45) is 3.37. The van der Waals surface area contributed by atoms with Crippen LogP contribution in [-0.4, -0.2) is 33.2 Å². The van der Waals surface area contributed by atoms with E-state index in [1.807, 2.05) is 30.3 Å². The van der Waals surface area contributed by atoms with Crippen LogP contribution in [0.5, 0.6) is 0 Å². The van der Waals surface area contributed by atoms with Gasteiger partial charge in [-0.1, -0.05) is 30.3 Å². The molecule has 0 spiro atoms. The minimum Gasteiger partial charge on any atom is -0.481 e. The average molecular weight is 350 g/mol. The summed E-state index contributed by atoms with van der Waals surface area (Å²) < 4.78 is 0. The molecule has 0 aliphatic carbocycles. The quantitative estimate of drug-likeness (QED) is 0.500. The molecule has 0 bridgehead atoms. The molecule has 0 fully saturated rings. The zero-order valence-corrected chi connectivity index (χ0v) is 14.3. The Morgan fingerprint density at radius 1 is 0.680 bits per heavy atom. The van der Waals surface area contributed by atoms with E-state index in [-0.39, 0.29) is 24.7 Å². The van der Waals surface area contributed by atoms with Crippen LogP contribution in [0, 0.1) is 0 Å². The zero-order valence-electron chi connectivity index (χ0n) is 14.3. The van der Waals surface area contributed by atoms with Crippen LogP contribution in [0.15, 0.2) is 30.3 Å². The summed E-state index contributed by atoms with van der Waals surface area (Å²) in [5.74, 6) is -2.59. The molecule has 1 rings (SSSR count). The van der Waals surface area contributed by atoms with Gasteiger partial charge in [-0.05, 0) is 49.5 Å². The summed E-state index contributed by atoms with van der Waals surface area (Å²) in [6.45, 7) is 0. The Hall–Kier alpha value is -2.37. The van der Waals surface area contributed by atoms with E-state index in [0.29, 0.717) is 38.5 Å². The Morgan fingerprint density at radius 3 is 1.36 bits per heavy atom. The van der Waals surface area contributed by atoms with E-state index in [0.717, 1.165) is 5.56 Å². The first-order valence-electron chi connectivity index (χ1n) is 8.57. The third kappa shape index (κ3) is 7.83. The van der Waals surface area contributed by atoms with E-state index in [2.05, 4.69) is 0 Å². The fraction of sp³-hybridized carbons (Fsp3) is 0.526. The van der Waals surface area contributed by atoms with Gasteiger partial charge >= 0.3 is 17.9 Å². The summed E-state index contributed by atoms with van der Waals surface area (Å²) in [5.41, 5.74) is 0.637. The Bertz CT molecular complexity index is 516. The Morgan fingerprint density at radius 2 is 1.04 bits per heavy atom. The molecule has 6 nitrogen and oxygen atoms in total. The second-order valence-corrected chi connectivity index (χ2v) is 6.39. The van der Waals surface area contributed by atoms with Crippen LogP contribution in [-0.2, 0) is 19.8 Å². The molecule has 0 aliphatic heterocycles. The van der Waals surface area contributed by atoms with E-state index in [1.54, 1.807) is 0 Å². The van der Waals surface area contributed by atoms with Crippen molar-refractivity contribution < 1.29 is 29.7 Å². The van der Waals surface area contributed by atoms with Crippen LogP contribution in [0.3, 0.4) is 0 Å². The van der Waals surface area contributed by atoms with Gasteiger partial charge in [-0.15, -0.1) is 0 Å². The Kier molecular flexibility index (Phi) is 8.67. The van der Waals surface area contributed by atoms with Gasteiger partial charge in [0, 0.05) is 19.3 Å². The molecule has 3 N–H and O–H groups in total. The fourth-order valence-electron chi connectivity index (χ4n) is 3.33. The molecule has 25 heavy (non-hydrogen) atoms. The molecule has 0 heterocycles. The molecule has 1 aromatic carbocycles. The van der Waals surface area contributed by atoms with Crippen molar-refractivity contribution in [2.24, 2.45) is 0 Å². The first-order chi connectivity index (χ1) is 11.9. The second-order valence-electron chi connectivity index (χ2n) is 6.39. The molecule has 0 amide bonds. The maximum Gasteiger partial charge on any atom is 0.303 e. The lowest BCUT2D eigenvalue weighted by Crippen LogP contribution is -2.27. The van der Waals surface area contributed by atoms with E-state index >= 15 is 0 Å². The van der Waals surface area contributed by atoms with Crippen molar-refractivity contribution in [3.05, 3.63) is 35.9 Å². The first-order valence-corrected chi connectivity index (χ1v) is 8.57. The number of hydrogen-bond acceptors (Lipinski definition) is 3. The normalized spacial score (nSPS) is 11.2. The van der Waals surface area contributed by atoms with Gasteiger partial charge < -0.3 is 15.3 Å². The van der Waals surface area contributed by atoms with Crippen molar-refractivity contribution in [3.8, 4) is 0 Å². The fourth-order valence-corrected chi connectivity index (χ4v) is 3.33. The Balaban J connectivity index is 2.98. The number of benzene rings is 1. The van der Waals surface area contributed by atoms with Crippen LogP contribution < -0.4 is 0 Å². The molecular formula is C19H26O6. The highest BCUT2D eigenvalue weighted by atomic mass is 16.4. The molecule has 0 aromatic heterocycles. The molecule has 0 atom stereocenters. The average Bonchev–Trinajstić information content (AvgIpc) is 2.54. The molecule has 0 saturated carbocycles. The topological polar surface area (TPSA) is 112 Å². The van der Waals surface area contributed by atoms with Crippen molar-refractivity contribution in [2.75, 3.05) is 0 Å². The third-order valence-electron chi connectivity index (χ3n) is 4.52. The molecular weight excluding hydrogens is 324 g/mol. The maximum absolute atomic E-state index is 10.9. The zero-order chi connectivity index (χ0) is 18.7. The number of carbonyl (C=O) groups is 3. The van der Waals surface area contributed by atoms with Gasteiger partial charge in [0.05, 0.1) is 0 Å². The van der Waals surface area contributed by atoms with Crippen LogP contribution in [0.4, 0.5) is 0 Å². The van der Waals surface area contributed by atoms with Gasteiger partial charge in [0.25, 0.3) is 0 Å². The maximum atomic E-state index is 10.9. The standard InChI is InChI=1S/C19H26O6/c20-16(21)9-4-12-19(13-5-10-17(22)23,14-6-11-18(24)25)15-7-2-1-3-8-15/h1-3,7-8H,4-6,9-14H2,(H,20,21)(H,22,23)(H,24,25). The predicted molar refractivity (Wildman–Crippen MR) is 92.6 cm³/mol. The van der Waals surface area contributed by atoms with Crippen LogP contribution in [0.1, 0.15) is 63.4 Å². The number of carboxylic acid groups (broad SMARTS) is 3. The van der Waals surface area contributed by atoms with Crippen molar-refractivity contribution in [3.63, 3.8) is 0 Å². The molecule has 0 aliphatic rings. The highest BCUT2D eigenvalue weighted by molar-refractivity contribution is 5.67. The highest BCUT2D eigenvalue weighted by Gasteiger charge is 2.31. The van der Waals surface area contributed by atoms with Gasteiger partial charge in [0.1, 0.15) is 0 Å². The Labute approximate surface area is 147 Å². The van der Waals surface area contributed by atoms with Crippen molar-refractivity contribution in [1.82, 2.24) is 0 Å². The largest absolute Gasteiger partial charge is 0.481 e. The molecule has 6 heteroatoms. The summed E-state index contributed by atoms with van der Waals surface area (Å²) in [6, 6.07) is 9.61. The van der Waals surface area contributed by atoms with Crippen molar-refractivity contribution in [2.45, 2.75) is 63.2 Å². The van der Waals surface area contributed by atoms with E-state index < -0.39 is 17.9 Å². The molecule has 138 valence electrons. The lowest BCUT2D eigenvalue weighted by Gasteiger charge is -2.35. The van der Waals surface area contributed by atoms with Gasteiger partial charge in [-0.25, -0.2) is 0 Å². The lowest BCUT2D eigenvalue weighted by atomic mass is 9.69. The number of carboxylic acids is 3. The summed E-state index contributed by atoms with van der Waals surface area (Å²) in [7, 11) is 0. The smallest absolute Gasteiger partial charge is 0.303 e. The molecule has 0 unspecified atom stereocenters. The SMILES string of the molecule is O=C(O)CCCC(CCCC(=O)O)(CCCC(=O)O)c1ccccc1. The van der Waals surface area contributed by atoms with Crippen molar-refractivity contribution >= 4 is 17.9 Å². The second kappa shape index (κ2) is 10.5. The summed E-state index contributed by atoms with van der Waals surface area (Å²) in [4.78, 5) is 32.6. The third-order valence-corrected chi connectivity index (χ3v) is 4.52. The van der Waals surface area contributed by atoms with Crippen LogP contribution >= 0.6 is 0 Å². The van der Waals surface area contributed by atoms with Gasteiger partial charge in [-0.3, -0.25) is 14.4 Å². The first kappa shape index (κ1) is 20.7. The summed E-state index contributed by atoms with van der Waals surface area (Å²) >= 11 is 0. The van der Waals surface area contributed by atoms with Gasteiger partial charge in [0.15, 0.2) is 0 Å². The number of aliphatic carboxylic acids is 3. The van der Waals surface area contributed by atoms with Gasteiger partial charge in [-0.2, -0.15) is 0 Å². The number of hydrogen-bond donors (Lipinski definition) is 3. The lowest BCUT2D eigenvalue weighted by molar-refractivity contribution is -0.138. The van der Waals surface area contributed by atoms with E-state index in [1.165, 1.54) is 0 Å². The molecule has 0 saturated heterocycles. The van der Waals surface area contributed by atoms with Gasteiger partial charge in [0.2, 0.25) is 0 Å². The predicted octanol–water partition coefficient (Wildman–Crippen LogP) is 3.69. The van der Waals surface area contributed by atoms with Crippen LogP contribution in [0.25, 0.3) is 0 Å². The summed E-state index contributed by atoms with van der Waals surface area (Å²) in [5, 5.41) is 26.8. The number of rotatable bonds is 13. The monoisotopic (exact) mass is 350 g/mol. The van der Waals surface area contributed by atoms with Crippen LogP contribution in [0.2, 0.25) is 0 Å². The minimum absolute atomic E-state index is 0.0481. The van der Waals surface area contributed by atoms with E-state index in [9.17, 15) is 14.4 Å². The van der Waals surface area contributed by atoms with E-state index in [4.69, 9.17) is 15.3 Å².